The fraction of sp³-hybridized carbons (Fsp3) is 0. The van der Waals surface area contributed by atoms with Gasteiger partial charge in [0.05, 0.1) is 45.3 Å². The lowest BCUT2D eigenvalue weighted by Crippen LogP contribution is -2.03. The summed E-state index contributed by atoms with van der Waals surface area (Å²) >= 11 is 0. The van der Waals surface area contributed by atoms with E-state index >= 15 is 0 Å². The van der Waals surface area contributed by atoms with Crippen molar-refractivity contribution in [3.63, 3.8) is 0 Å². The van der Waals surface area contributed by atoms with Gasteiger partial charge in [0, 0.05) is 66.3 Å². The summed E-state index contributed by atoms with van der Waals surface area (Å²) < 4.78 is 4.50. The molecule has 11 aromatic carbocycles. The summed E-state index contributed by atoms with van der Waals surface area (Å²) in [5.41, 5.74) is 15.6. The molecule has 4 heterocycles. The highest BCUT2D eigenvalue weighted by molar-refractivity contribution is 6.11. The zero-order chi connectivity index (χ0) is 56.1. The lowest BCUT2D eigenvalue weighted by atomic mass is 9.92. The molecule has 0 saturated carbocycles. The molecule has 10 heteroatoms. The highest BCUT2D eigenvalue weighted by Crippen LogP contribution is 2.42. The van der Waals surface area contributed by atoms with E-state index in [-0.39, 0.29) is 0 Å². The van der Waals surface area contributed by atoms with E-state index < -0.39 is 0 Å². The van der Waals surface area contributed by atoms with E-state index in [1.54, 1.807) is 0 Å². The van der Waals surface area contributed by atoms with Gasteiger partial charge in [-0.1, -0.05) is 188 Å². The molecule has 0 radical (unpaired) electrons. The second-order valence-corrected chi connectivity index (χ2v) is 20.5. The van der Waals surface area contributed by atoms with Crippen molar-refractivity contribution in [3.05, 3.63) is 278 Å². The minimum absolute atomic E-state index is 0.502. The highest BCUT2D eigenvalue weighted by Gasteiger charge is 2.23. The molecule has 0 N–H and O–H groups in total. The largest absolute Gasteiger partial charge is 0.309 e. The summed E-state index contributed by atoms with van der Waals surface area (Å²) in [6.45, 7) is 0. The van der Waals surface area contributed by atoms with Gasteiger partial charge in [-0.2, -0.15) is 10.5 Å². The van der Waals surface area contributed by atoms with Gasteiger partial charge < -0.3 is 9.13 Å². The third kappa shape index (κ3) is 8.68. The fourth-order valence-corrected chi connectivity index (χ4v) is 11.6. The van der Waals surface area contributed by atoms with Gasteiger partial charge in [0.25, 0.3) is 0 Å². The first-order chi connectivity index (χ1) is 41.5. The minimum Gasteiger partial charge on any atom is -0.309 e. The Bertz CT molecular complexity index is 4720. The fourth-order valence-electron chi connectivity index (χ4n) is 11.6. The molecule has 390 valence electrons. The van der Waals surface area contributed by atoms with Gasteiger partial charge in [-0.15, -0.1) is 0 Å². The Balaban J connectivity index is 0.975. The maximum atomic E-state index is 10.0. The van der Waals surface area contributed by atoms with Crippen LogP contribution in [0.3, 0.4) is 0 Å². The topological polar surface area (TPSA) is 135 Å². The van der Waals surface area contributed by atoms with E-state index in [1.807, 2.05) is 182 Å². The summed E-state index contributed by atoms with van der Waals surface area (Å²) in [6, 6.07) is 94.7. The van der Waals surface area contributed by atoms with Crippen LogP contribution in [-0.2, 0) is 0 Å². The monoisotopic (exact) mass is 1070 g/mol. The van der Waals surface area contributed by atoms with Crippen LogP contribution < -0.4 is 0 Å². The lowest BCUT2D eigenvalue weighted by Gasteiger charge is -2.17. The molecule has 0 amide bonds. The number of nitrogens with zero attached hydrogens (tertiary/aromatic N) is 10. The standard InChI is InChI=1S/C74H44N10/c75-45-47-32-38-67-61(40-47)59-28-13-15-30-65(59)83(67)55-34-36-57(63(43-55)73-79-69(49-18-5-1-6-19-49)77-70(80-73)50-20-7-2-8-21-50)53-26-17-27-54(42-53)58-37-35-56(84-66-31-16-14-29-60(66)62-41-48(46-76)33-39-68(62)84)44-64(58)74-81-71(51-22-9-3-10-23-51)78-72(82-74)52-24-11-4-12-25-52/h1-44H. The van der Waals surface area contributed by atoms with Crippen molar-refractivity contribution >= 4 is 43.6 Å². The molecule has 0 aliphatic carbocycles. The van der Waals surface area contributed by atoms with Crippen LogP contribution in [-0.4, -0.2) is 39.0 Å². The molecule has 15 aromatic rings. The van der Waals surface area contributed by atoms with Gasteiger partial charge in [0.15, 0.2) is 34.9 Å². The second-order valence-electron chi connectivity index (χ2n) is 20.5. The summed E-state index contributed by atoms with van der Waals surface area (Å²) in [5.74, 6) is 3.19. The number of benzene rings is 11. The van der Waals surface area contributed by atoms with Crippen LogP contribution in [0.15, 0.2) is 267 Å². The Hall–Kier alpha value is -12.0. The predicted molar refractivity (Wildman–Crippen MR) is 335 cm³/mol. The smallest absolute Gasteiger partial charge is 0.164 e. The van der Waals surface area contributed by atoms with E-state index in [0.717, 1.165) is 111 Å². The molecule has 0 bridgehead atoms. The number of aromatic nitrogens is 8. The molecule has 0 aliphatic heterocycles. The molecule has 0 unspecified atom stereocenters. The van der Waals surface area contributed by atoms with E-state index in [2.05, 4.69) is 106 Å². The molecule has 0 spiro atoms. The molecule has 84 heavy (non-hydrogen) atoms. The number of nitriles is 2. The lowest BCUT2D eigenvalue weighted by molar-refractivity contribution is 1.07. The van der Waals surface area contributed by atoms with Crippen molar-refractivity contribution in [2.75, 3.05) is 0 Å². The number of hydrogen-bond donors (Lipinski definition) is 0. The van der Waals surface area contributed by atoms with Crippen LogP contribution in [0.25, 0.3) is 146 Å². The Morgan fingerprint density at radius 3 is 0.929 bits per heavy atom. The number of hydrogen-bond acceptors (Lipinski definition) is 8. The molecule has 4 aromatic heterocycles. The number of rotatable bonds is 10. The van der Waals surface area contributed by atoms with Crippen LogP contribution in [0.2, 0.25) is 0 Å². The maximum Gasteiger partial charge on any atom is 0.164 e. The molecule has 0 fully saturated rings. The maximum absolute atomic E-state index is 10.0. The minimum atomic E-state index is 0.502. The molecular weight excluding hydrogens is 1030 g/mol. The van der Waals surface area contributed by atoms with Crippen molar-refractivity contribution in [1.29, 1.82) is 10.5 Å². The Labute approximate surface area is 482 Å². The van der Waals surface area contributed by atoms with Gasteiger partial charge in [-0.05, 0) is 101 Å². The van der Waals surface area contributed by atoms with Crippen LogP contribution in [0.1, 0.15) is 11.1 Å². The second kappa shape index (κ2) is 20.6. The Morgan fingerprint density at radius 1 is 0.238 bits per heavy atom. The average molecular weight is 1070 g/mol. The summed E-state index contributed by atoms with van der Waals surface area (Å²) in [4.78, 5) is 31.5. The SMILES string of the molecule is N#Cc1ccc2c(c1)c1ccccc1n2-c1ccc(-c2cccc(-c3ccc(-n4c5ccccc5c5cc(C#N)ccc54)cc3-c3nc(-c4ccccc4)nc(-c4ccccc4)n3)c2)c(-c2nc(-c3ccccc3)nc(-c3ccccc3)n2)c1. The van der Waals surface area contributed by atoms with Crippen molar-refractivity contribution in [1.82, 2.24) is 39.0 Å². The number of fused-ring (bicyclic) bond motifs is 6. The van der Waals surface area contributed by atoms with Crippen LogP contribution in [0, 0.1) is 22.7 Å². The first kappa shape index (κ1) is 49.1. The van der Waals surface area contributed by atoms with Gasteiger partial charge >= 0.3 is 0 Å². The Kier molecular flexibility index (Phi) is 12.0. The van der Waals surface area contributed by atoms with Crippen LogP contribution in [0.4, 0.5) is 0 Å². The Morgan fingerprint density at radius 2 is 0.560 bits per heavy atom. The number of para-hydroxylation sites is 2. The molecule has 15 rings (SSSR count). The van der Waals surface area contributed by atoms with E-state index in [1.165, 1.54) is 0 Å². The third-order valence-corrected chi connectivity index (χ3v) is 15.5. The van der Waals surface area contributed by atoms with Gasteiger partial charge in [0.2, 0.25) is 0 Å². The quantitative estimate of drug-likeness (QED) is 0.132. The zero-order valence-corrected chi connectivity index (χ0v) is 44.9. The van der Waals surface area contributed by atoms with Crippen LogP contribution in [0.5, 0.6) is 0 Å². The predicted octanol–water partition coefficient (Wildman–Crippen LogP) is 17.3. The van der Waals surface area contributed by atoms with E-state index in [0.29, 0.717) is 46.1 Å². The van der Waals surface area contributed by atoms with E-state index in [9.17, 15) is 10.5 Å². The highest BCUT2D eigenvalue weighted by atomic mass is 15.1. The van der Waals surface area contributed by atoms with Crippen molar-refractivity contribution in [2.24, 2.45) is 0 Å². The summed E-state index contributed by atoms with van der Waals surface area (Å²) in [5, 5.41) is 24.1. The first-order valence-corrected chi connectivity index (χ1v) is 27.5. The molecule has 0 saturated heterocycles. The van der Waals surface area contributed by atoms with Crippen LogP contribution >= 0.6 is 0 Å². The summed E-state index contributed by atoms with van der Waals surface area (Å²) in [6.07, 6.45) is 0. The zero-order valence-electron chi connectivity index (χ0n) is 44.9. The normalized spacial score (nSPS) is 11.3. The molecule has 0 atom stereocenters. The first-order valence-electron chi connectivity index (χ1n) is 27.5. The average Bonchev–Trinajstić information content (AvgIpc) is 2.47. The molecule has 10 nitrogen and oxygen atoms in total. The van der Waals surface area contributed by atoms with Crippen molar-refractivity contribution < 1.29 is 0 Å². The van der Waals surface area contributed by atoms with Gasteiger partial charge in [-0.25, -0.2) is 29.9 Å². The summed E-state index contributed by atoms with van der Waals surface area (Å²) in [7, 11) is 0. The molecular formula is C74H44N10. The van der Waals surface area contributed by atoms with Gasteiger partial charge in [-0.3, -0.25) is 0 Å². The van der Waals surface area contributed by atoms with Crippen molar-refractivity contribution in [2.45, 2.75) is 0 Å². The van der Waals surface area contributed by atoms with Gasteiger partial charge in [0.1, 0.15) is 0 Å². The third-order valence-electron chi connectivity index (χ3n) is 15.5. The molecule has 0 aliphatic rings. The van der Waals surface area contributed by atoms with E-state index in [4.69, 9.17) is 29.9 Å². The van der Waals surface area contributed by atoms with Crippen molar-refractivity contribution in [3.8, 4) is 114 Å².